The van der Waals surface area contributed by atoms with Crippen molar-refractivity contribution in [1.82, 2.24) is 9.78 Å². The number of hydrogen-bond acceptors (Lipinski definition) is 5. The Kier molecular flexibility index (Phi) is 5.80. The van der Waals surface area contributed by atoms with Crippen molar-refractivity contribution in [3.63, 3.8) is 0 Å². The van der Waals surface area contributed by atoms with Gasteiger partial charge in [0.15, 0.2) is 5.11 Å². The molecule has 0 amide bonds. The molecule has 3 aromatic rings. The maximum Gasteiger partial charge on any atom is 0.273 e. The first kappa shape index (κ1) is 19.2. The Morgan fingerprint density at radius 3 is 2.71 bits per heavy atom. The van der Waals surface area contributed by atoms with Gasteiger partial charge in [0, 0.05) is 12.3 Å². The van der Waals surface area contributed by atoms with Crippen LogP contribution in [0.1, 0.15) is 5.56 Å². The van der Waals surface area contributed by atoms with Gasteiger partial charge in [-0.1, -0.05) is 12.1 Å². The number of hydrogen-bond donors (Lipinski definition) is 2. The Morgan fingerprint density at radius 1 is 1.29 bits per heavy atom. The summed E-state index contributed by atoms with van der Waals surface area (Å²) in [5.74, 6) is 0.00928. The minimum atomic E-state index is -0.502. The van der Waals surface area contributed by atoms with Crippen molar-refractivity contribution < 1.29 is 14.1 Å². The number of ether oxygens (including phenoxy) is 1. The van der Waals surface area contributed by atoms with Crippen molar-refractivity contribution in [3.05, 3.63) is 76.4 Å². The van der Waals surface area contributed by atoms with Gasteiger partial charge in [-0.25, -0.2) is 4.39 Å². The molecule has 0 aliphatic carbocycles. The molecule has 28 heavy (non-hydrogen) atoms. The number of halogens is 1. The second-order valence-electron chi connectivity index (χ2n) is 5.77. The monoisotopic (exact) mass is 401 g/mol. The van der Waals surface area contributed by atoms with Gasteiger partial charge < -0.3 is 15.4 Å². The third-order valence-electron chi connectivity index (χ3n) is 3.79. The number of thiocarbonyl (C=S) groups is 1. The van der Waals surface area contributed by atoms with Gasteiger partial charge in [-0.3, -0.25) is 14.8 Å². The minimum Gasteiger partial charge on any atom is -0.494 e. The van der Waals surface area contributed by atoms with Gasteiger partial charge >= 0.3 is 0 Å². The van der Waals surface area contributed by atoms with E-state index >= 15 is 0 Å². The van der Waals surface area contributed by atoms with Crippen molar-refractivity contribution in [1.29, 1.82) is 0 Å². The fourth-order valence-corrected chi connectivity index (χ4v) is 2.70. The SMILES string of the molecule is COc1cc([N+](=O)[O-])ccc1NC(=S)Nc1cnn(Cc2ccc(F)cc2)c1. The molecule has 0 unspecified atom stereocenters. The highest BCUT2D eigenvalue weighted by molar-refractivity contribution is 7.80. The fourth-order valence-electron chi connectivity index (χ4n) is 2.47. The van der Waals surface area contributed by atoms with Crippen LogP contribution >= 0.6 is 12.2 Å². The second kappa shape index (κ2) is 8.44. The molecular weight excluding hydrogens is 385 g/mol. The molecule has 2 N–H and O–H groups in total. The van der Waals surface area contributed by atoms with E-state index in [0.29, 0.717) is 23.7 Å². The van der Waals surface area contributed by atoms with Crippen LogP contribution in [0.4, 0.5) is 21.5 Å². The lowest BCUT2D eigenvalue weighted by Gasteiger charge is -2.12. The van der Waals surface area contributed by atoms with Gasteiger partial charge in [-0.2, -0.15) is 5.10 Å². The van der Waals surface area contributed by atoms with Crippen LogP contribution in [0.25, 0.3) is 0 Å². The minimum absolute atomic E-state index is 0.0802. The summed E-state index contributed by atoms with van der Waals surface area (Å²) in [5.41, 5.74) is 1.97. The molecule has 0 fully saturated rings. The number of nitro groups is 1. The highest BCUT2D eigenvalue weighted by atomic mass is 32.1. The van der Waals surface area contributed by atoms with E-state index in [2.05, 4.69) is 15.7 Å². The van der Waals surface area contributed by atoms with Gasteiger partial charge in [0.2, 0.25) is 0 Å². The quantitative estimate of drug-likeness (QED) is 0.369. The predicted octanol–water partition coefficient (Wildman–Crippen LogP) is 3.80. The third-order valence-corrected chi connectivity index (χ3v) is 4.00. The number of methoxy groups -OCH3 is 1. The number of anilines is 2. The Labute approximate surface area is 165 Å². The molecule has 1 aromatic heterocycles. The number of nitrogens with zero attached hydrogens (tertiary/aromatic N) is 3. The van der Waals surface area contributed by atoms with E-state index in [4.69, 9.17) is 17.0 Å². The van der Waals surface area contributed by atoms with Gasteiger partial charge in [0.1, 0.15) is 11.6 Å². The average molecular weight is 401 g/mol. The van der Waals surface area contributed by atoms with E-state index in [1.54, 1.807) is 29.2 Å². The van der Waals surface area contributed by atoms with Gasteiger partial charge in [0.25, 0.3) is 5.69 Å². The lowest BCUT2D eigenvalue weighted by Crippen LogP contribution is -2.19. The molecular formula is C18H16FN5O3S. The Morgan fingerprint density at radius 2 is 2.04 bits per heavy atom. The van der Waals surface area contributed by atoms with Gasteiger partial charge in [0.05, 0.1) is 42.2 Å². The highest BCUT2D eigenvalue weighted by Crippen LogP contribution is 2.29. The Hall–Kier alpha value is -3.53. The largest absolute Gasteiger partial charge is 0.494 e. The van der Waals surface area contributed by atoms with Crippen LogP contribution in [0, 0.1) is 15.9 Å². The van der Waals surface area contributed by atoms with Crippen LogP contribution in [0.15, 0.2) is 54.9 Å². The van der Waals surface area contributed by atoms with E-state index in [-0.39, 0.29) is 16.6 Å². The smallest absolute Gasteiger partial charge is 0.273 e. The number of aromatic nitrogens is 2. The van der Waals surface area contributed by atoms with Crippen LogP contribution in [-0.2, 0) is 6.54 Å². The summed E-state index contributed by atoms with van der Waals surface area (Å²) in [7, 11) is 1.42. The highest BCUT2D eigenvalue weighted by Gasteiger charge is 2.12. The summed E-state index contributed by atoms with van der Waals surface area (Å²) in [6, 6.07) is 10.4. The molecule has 0 atom stereocenters. The molecule has 0 radical (unpaired) electrons. The number of nitro benzene ring substituents is 1. The molecule has 1 heterocycles. The van der Waals surface area contributed by atoms with E-state index in [9.17, 15) is 14.5 Å². The molecule has 10 heteroatoms. The van der Waals surface area contributed by atoms with Gasteiger partial charge in [-0.15, -0.1) is 0 Å². The average Bonchev–Trinajstić information content (AvgIpc) is 3.10. The zero-order valence-corrected chi connectivity index (χ0v) is 15.6. The Balaban J connectivity index is 1.63. The first-order chi connectivity index (χ1) is 13.4. The maximum absolute atomic E-state index is 13.0. The molecule has 2 aromatic carbocycles. The van der Waals surface area contributed by atoms with Crippen molar-refractivity contribution in [2.45, 2.75) is 6.54 Å². The van der Waals surface area contributed by atoms with Crippen LogP contribution in [0.5, 0.6) is 5.75 Å². The Bertz CT molecular complexity index is 1010. The van der Waals surface area contributed by atoms with Gasteiger partial charge in [-0.05, 0) is 36.0 Å². The lowest BCUT2D eigenvalue weighted by molar-refractivity contribution is -0.384. The predicted molar refractivity (Wildman–Crippen MR) is 107 cm³/mol. The van der Waals surface area contributed by atoms with Crippen molar-refractivity contribution >= 4 is 34.4 Å². The van der Waals surface area contributed by atoms with E-state index in [0.717, 1.165) is 5.56 Å². The second-order valence-corrected chi connectivity index (χ2v) is 6.18. The zero-order valence-electron chi connectivity index (χ0n) is 14.8. The third kappa shape index (κ3) is 4.80. The number of rotatable bonds is 6. The first-order valence-corrected chi connectivity index (χ1v) is 8.53. The topological polar surface area (TPSA) is 94.2 Å². The van der Waals surface area contributed by atoms with Crippen LogP contribution in [0.3, 0.4) is 0 Å². The van der Waals surface area contributed by atoms with Crippen LogP contribution < -0.4 is 15.4 Å². The fraction of sp³-hybridized carbons (Fsp3) is 0.111. The molecule has 0 saturated heterocycles. The summed E-state index contributed by atoms with van der Waals surface area (Å²) in [6.45, 7) is 0.484. The van der Waals surface area contributed by atoms with E-state index < -0.39 is 4.92 Å². The molecule has 0 bridgehead atoms. The summed E-state index contributed by atoms with van der Waals surface area (Å²) < 4.78 is 19.8. The summed E-state index contributed by atoms with van der Waals surface area (Å²) in [5, 5.41) is 21.3. The maximum atomic E-state index is 13.0. The molecule has 0 aliphatic heterocycles. The molecule has 3 rings (SSSR count). The molecule has 8 nitrogen and oxygen atoms in total. The van der Waals surface area contributed by atoms with E-state index in [1.807, 2.05) is 0 Å². The summed E-state index contributed by atoms with van der Waals surface area (Å²) in [4.78, 5) is 10.4. The van der Waals surface area contributed by atoms with Crippen molar-refractivity contribution in [3.8, 4) is 5.75 Å². The van der Waals surface area contributed by atoms with Crippen LogP contribution in [-0.4, -0.2) is 26.9 Å². The normalized spacial score (nSPS) is 10.4. The standard InChI is InChI=1S/C18H16FN5O3S/c1-27-17-8-15(24(25)26)6-7-16(17)22-18(28)21-14-9-20-23(11-14)10-12-2-4-13(19)5-3-12/h2-9,11H,10H2,1H3,(H2,21,22,28). The number of non-ortho nitro benzene ring substituents is 1. The first-order valence-electron chi connectivity index (χ1n) is 8.12. The summed E-state index contributed by atoms with van der Waals surface area (Å²) >= 11 is 5.27. The molecule has 144 valence electrons. The van der Waals surface area contributed by atoms with E-state index in [1.165, 1.54) is 37.4 Å². The van der Waals surface area contributed by atoms with Crippen molar-refractivity contribution in [2.75, 3.05) is 17.7 Å². The number of benzene rings is 2. The number of nitrogens with one attached hydrogen (secondary N) is 2. The molecule has 0 aliphatic rings. The lowest BCUT2D eigenvalue weighted by atomic mass is 10.2. The molecule has 0 spiro atoms. The van der Waals surface area contributed by atoms with Crippen LogP contribution in [0.2, 0.25) is 0 Å². The van der Waals surface area contributed by atoms with Crippen molar-refractivity contribution in [2.24, 2.45) is 0 Å². The summed E-state index contributed by atoms with van der Waals surface area (Å²) in [6.07, 6.45) is 3.36. The molecule has 0 saturated carbocycles. The zero-order chi connectivity index (χ0) is 20.1.